The summed E-state index contributed by atoms with van der Waals surface area (Å²) < 4.78 is 5.59. The van der Waals surface area contributed by atoms with Crippen LogP contribution in [-0.2, 0) is 10.3 Å². The highest BCUT2D eigenvalue weighted by molar-refractivity contribution is 14.0. The summed E-state index contributed by atoms with van der Waals surface area (Å²) in [6.45, 7) is 9.63. The van der Waals surface area contributed by atoms with Crippen LogP contribution in [0.1, 0.15) is 51.5 Å². The van der Waals surface area contributed by atoms with Crippen molar-refractivity contribution in [2.75, 3.05) is 45.9 Å². The van der Waals surface area contributed by atoms with Crippen molar-refractivity contribution in [1.82, 2.24) is 15.5 Å². The lowest BCUT2D eigenvalue weighted by molar-refractivity contribution is -0.0352. The van der Waals surface area contributed by atoms with E-state index < -0.39 is 5.60 Å². The van der Waals surface area contributed by atoms with Crippen molar-refractivity contribution in [3.05, 3.63) is 22.4 Å². The number of guanidine groups is 1. The quantitative estimate of drug-likeness (QED) is 0.284. The van der Waals surface area contributed by atoms with Gasteiger partial charge in [0.15, 0.2) is 5.96 Å². The second-order valence-electron chi connectivity index (χ2n) is 8.22. The van der Waals surface area contributed by atoms with Gasteiger partial charge in [-0.15, -0.1) is 24.0 Å². The number of hydrogen-bond acceptors (Lipinski definition) is 5. The molecule has 0 radical (unpaired) electrons. The first-order chi connectivity index (χ1) is 13.6. The molecule has 1 saturated heterocycles. The number of aliphatic imine (C=N–C) groups is 1. The summed E-state index contributed by atoms with van der Waals surface area (Å²) in [5, 5.41) is 21.7. The molecule has 1 aliphatic carbocycles. The topological polar surface area (TPSA) is 69.1 Å². The van der Waals surface area contributed by atoms with Gasteiger partial charge in [-0.3, -0.25) is 4.90 Å². The van der Waals surface area contributed by atoms with Crippen LogP contribution in [0, 0.1) is 0 Å². The van der Waals surface area contributed by atoms with E-state index in [9.17, 15) is 5.11 Å². The Hall–Kier alpha value is -0.420. The van der Waals surface area contributed by atoms with Crippen LogP contribution in [0.4, 0.5) is 0 Å². The zero-order valence-corrected chi connectivity index (χ0v) is 20.9. The van der Waals surface area contributed by atoms with Gasteiger partial charge in [-0.1, -0.05) is 19.3 Å². The Balaban J connectivity index is 0.00000300. The molecule has 0 amide bonds. The maximum Gasteiger partial charge on any atom is 0.191 e. The maximum atomic E-state index is 10.8. The number of nitrogens with zero attached hydrogens (tertiary/aromatic N) is 2. The van der Waals surface area contributed by atoms with Crippen molar-refractivity contribution >= 4 is 41.3 Å². The third-order valence-electron chi connectivity index (χ3n) is 6.08. The zero-order valence-electron chi connectivity index (χ0n) is 17.8. The number of halogens is 1. The van der Waals surface area contributed by atoms with Gasteiger partial charge in [0.2, 0.25) is 0 Å². The summed E-state index contributed by atoms with van der Waals surface area (Å²) in [5.74, 6) is 0.788. The number of rotatable bonds is 7. The van der Waals surface area contributed by atoms with Crippen molar-refractivity contribution in [3.8, 4) is 0 Å². The number of nitrogens with one attached hydrogen (secondary N) is 2. The van der Waals surface area contributed by atoms with E-state index in [4.69, 9.17) is 9.73 Å². The fourth-order valence-electron chi connectivity index (χ4n) is 4.34. The van der Waals surface area contributed by atoms with Crippen LogP contribution in [-0.4, -0.2) is 67.4 Å². The lowest BCUT2D eigenvalue weighted by Gasteiger charge is -2.48. The van der Waals surface area contributed by atoms with Gasteiger partial charge in [0.05, 0.1) is 19.8 Å². The molecule has 8 heteroatoms. The van der Waals surface area contributed by atoms with Gasteiger partial charge < -0.3 is 20.5 Å². The molecule has 166 valence electrons. The Labute approximate surface area is 196 Å². The molecule has 3 rings (SSSR count). The molecule has 6 nitrogen and oxygen atoms in total. The largest absolute Gasteiger partial charge is 0.383 e. The van der Waals surface area contributed by atoms with E-state index in [1.807, 2.05) is 23.8 Å². The van der Waals surface area contributed by atoms with Gasteiger partial charge in [-0.2, -0.15) is 11.3 Å². The lowest BCUT2D eigenvalue weighted by Crippen LogP contribution is -2.60. The minimum absolute atomic E-state index is 0. The molecule has 0 spiro atoms. The Morgan fingerprint density at radius 2 is 2.00 bits per heavy atom. The number of morpholine rings is 1. The Morgan fingerprint density at radius 1 is 1.28 bits per heavy atom. The van der Waals surface area contributed by atoms with Crippen LogP contribution in [0.25, 0.3) is 0 Å². The second-order valence-corrected chi connectivity index (χ2v) is 9.00. The zero-order chi connectivity index (χ0) is 19.9. The maximum absolute atomic E-state index is 10.8. The van der Waals surface area contributed by atoms with Crippen LogP contribution in [0.5, 0.6) is 0 Å². The van der Waals surface area contributed by atoms with Crippen LogP contribution < -0.4 is 10.6 Å². The summed E-state index contributed by atoms with van der Waals surface area (Å²) in [5.41, 5.74) is 0.164. The highest BCUT2D eigenvalue weighted by Crippen LogP contribution is 2.34. The fourth-order valence-corrected chi connectivity index (χ4v) is 5.12. The Morgan fingerprint density at radius 3 is 2.62 bits per heavy atom. The summed E-state index contributed by atoms with van der Waals surface area (Å²) in [4.78, 5) is 7.34. The average molecular weight is 537 g/mol. The average Bonchev–Trinajstić information content (AvgIpc) is 3.27. The number of thiophene rings is 1. The van der Waals surface area contributed by atoms with Gasteiger partial charge in [-0.05, 0) is 49.1 Å². The number of hydrogen-bond donors (Lipinski definition) is 3. The molecule has 1 saturated carbocycles. The number of aliphatic hydroxyl groups is 1. The van der Waals surface area contributed by atoms with Crippen LogP contribution in [0.3, 0.4) is 0 Å². The molecular formula is C21H37IN4O2S. The van der Waals surface area contributed by atoms with Gasteiger partial charge >= 0.3 is 0 Å². The van der Waals surface area contributed by atoms with Crippen molar-refractivity contribution in [2.45, 2.75) is 57.1 Å². The molecule has 0 bridgehead atoms. The van der Waals surface area contributed by atoms with Crippen molar-refractivity contribution in [2.24, 2.45) is 4.99 Å². The molecule has 1 unspecified atom stereocenters. The molecule has 29 heavy (non-hydrogen) atoms. The van der Waals surface area contributed by atoms with E-state index in [1.165, 1.54) is 32.1 Å². The molecule has 2 aliphatic rings. The Kier molecular flexibility index (Phi) is 10.1. The predicted molar refractivity (Wildman–Crippen MR) is 131 cm³/mol. The molecule has 1 aliphatic heterocycles. The molecule has 1 aromatic heterocycles. The molecule has 3 N–H and O–H groups in total. The molecule has 2 heterocycles. The van der Waals surface area contributed by atoms with Gasteiger partial charge in [0, 0.05) is 31.7 Å². The summed E-state index contributed by atoms with van der Waals surface area (Å²) in [6, 6.07) is 1.97. The first kappa shape index (κ1) is 24.8. The van der Waals surface area contributed by atoms with E-state index in [0.29, 0.717) is 6.54 Å². The van der Waals surface area contributed by atoms with Crippen molar-refractivity contribution in [3.63, 3.8) is 0 Å². The van der Waals surface area contributed by atoms with Gasteiger partial charge in [-0.25, -0.2) is 4.99 Å². The summed E-state index contributed by atoms with van der Waals surface area (Å²) in [7, 11) is 0. The predicted octanol–water partition coefficient (Wildman–Crippen LogP) is 3.16. The monoisotopic (exact) mass is 536 g/mol. The first-order valence-corrected chi connectivity index (χ1v) is 11.6. The minimum Gasteiger partial charge on any atom is -0.383 e. The van der Waals surface area contributed by atoms with Crippen LogP contribution in [0.15, 0.2) is 21.8 Å². The summed E-state index contributed by atoms with van der Waals surface area (Å²) >= 11 is 1.60. The van der Waals surface area contributed by atoms with Gasteiger partial charge in [0.1, 0.15) is 5.60 Å². The first-order valence-electron chi connectivity index (χ1n) is 10.7. The molecule has 0 aromatic carbocycles. The Bertz CT molecular complexity index is 612. The molecular weight excluding hydrogens is 499 g/mol. The van der Waals surface area contributed by atoms with E-state index in [0.717, 1.165) is 50.9 Å². The third kappa shape index (κ3) is 6.78. The minimum atomic E-state index is -0.949. The molecule has 2 fully saturated rings. The van der Waals surface area contributed by atoms with Crippen molar-refractivity contribution in [1.29, 1.82) is 0 Å². The van der Waals surface area contributed by atoms with E-state index in [2.05, 4.69) is 22.5 Å². The SMILES string of the molecule is CCNC(=NCC(C)(O)c1ccsc1)NCC1(N2CCOCC2)CCCCC1.I. The van der Waals surface area contributed by atoms with E-state index in [-0.39, 0.29) is 29.5 Å². The molecule has 1 atom stereocenters. The van der Waals surface area contributed by atoms with E-state index in [1.54, 1.807) is 11.3 Å². The fraction of sp³-hybridized carbons (Fsp3) is 0.762. The molecule has 1 aromatic rings. The normalized spacial score (nSPS) is 22.4. The number of ether oxygens (including phenoxy) is 1. The lowest BCUT2D eigenvalue weighted by atomic mass is 9.80. The highest BCUT2D eigenvalue weighted by Gasteiger charge is 2.38. The third-order valence-corrected chi connectivity index (χ3v) is 6.77. The summed E-state index contributed by atoms with van der Waals surface area (Å²) in [6.07, 6.45) is 6.38. The van der Waals surface area contributed by atoms with E-state index >= 15 is 0 Å². The smallest absolute Gasteiger partial charge is 0.191 e. The standard InChI is InChI=1S/C21H36N4O2S.HI/c1-3-22-19(23-16-20(2,26)18-7-14-28-15-18)24-17-21(8-5-4-6-9-21)25-10-12-27-13-11-25;/h7,14-15,26H,3-6,8-13,16-17H2,1-2H3,(H2,22,23,24);1H. The highest BCUT2D eigenvalue weighted by atomic mass is 127. The van der Waals surface area contributed by atoms with Crippen LogP contribution in [0.2, 0.25) is 0 Å². The van der Waals surface area contributed by atoms with Gasteiger partial charge in [0.25, 0.3) is 0 Å². The van der Waals surface area contributed by atoms with Crippen molar-refractivity contribution < 1.29 is 9.84 Å². The second kappa shape index (κ2) is 11.8. The van der Waals surface area contributed by atoms with Crippen LogP contribution >= 0.6 is 35.3 Å².